The number of anilines is 1. The summed E-state index contributed by atoms with van der Waals surface area (Å²) in [6.45, 7) is 4.34. The molecule has 1 atom stereocenters. The molecule has 1 saturated heterocycles. The number of nitrogens with zero attached hydrogens (tertiary/aromatic N) is 7. The molecular formula is C18H21N7O2. The van der Waals surface area contributed by atoms with Crippen LogP contribution < -0.4 is 9.64 Å². The molecule has 1 aromatic carbocycles. The van der Waals surface area contributed by atoms with E-state index in [4.69, 9.17) is 4.74 Å². The molecule has 140 valence electrons. The van der Waals surface area contributed by atoms with Gasteiger partial charge in [-0.15, -0.1) is 5.10 Å². The van der Waals surface area contributed by atoms with E-state index in [1.165, 1.54) is 6.33 Å². The van der Waals surface area contributed by atoms with Crippen LogP contribution in [0.4, 0.5) is 5.82 Å². The number of carbonyl (C=O) groups is 1. The Hall–Kier alpha value is -3.23. The van der Waals surface area contributed by atoms with Crippen molar-refractivity contribution in [2.24, 2.45) is 7.05 Å². The highest BCUT2D eigenvalue weighted by molar-refractivity contribution is 5.83. The van der Waals surface area contributed by atoms with E-state index in [0.29, 0.717) is 43.1 Å². The fourth-order valence-corrected chi connectivity index (χ4v) is 3.22. The van der Waals surface area contributed by atoms with Crippen LogP contribution in [0.2, 0.25) is 0 Å². The van der Waals surface area contributed by atoms with E-state index in [1.807, 2.05) is 35.2 Å². The number of carbonyl (C=O) groups excluding carboxylic acids is 1. The Labute approximate surface area is 156 Å². The molecule has 0 aliphatic carbocycles. The van der Waals surface area contributed by atoms with Crippen LogP contribution in [0.1, 0.15) is 6.92 Å². The average Bonchev–Trinajstić information content (AvgIpc) is 3.09. The first-order valence-electron chi connectivity index (χ1n) is 8.89. The van der Waals surface area contributed by atoms with Crippen molar-refractivity contribution in [2.75, 3.05) is 31.1 Å². The van der Waals surface area contributed by atoms with Gasteiger partial charge in [-0.3, -0.25) is 4.79 Å². The van der Waals surface area contributed by atoms with Crippen molar-refractivity contribution >= 4 is 22.9 Å². The van der Waals surface area contributed by atoms with E-state index < -0.39 is 6.10 Å². The van der Waals surface area contributed by atoms with Gasteiger partial charge in [-0.1, -0.05) is 23.4 Å². The number of rotatable bonds is 4. The molecule has 1 aliphatic heterocycles. The van der Waals surface area contributed by atoms with Gasteiger partial charge in [0, 0.05) is 33.2 Å². The third-order valence-corrected chi connectivity index (χ3v) is 4.66. The van der Waals surface area contributed by atoms with Crippen LogP contribution >= 0.6 is 0 Å². The molecule has 4 rings (SSSR count). The fourth-order valence-electron chi connectivity index (χ4n) is 3.22. The maximum absolute atomic E-state index is 12.7. The van der Waals surface area contributed by atoms with Crippen LogP contribution in [0.3, 0.4) is 0 Å². The van der Waals surface area contributed by atoms with Gasteiger partial charge in [0.15, 0.2) is 23.1 Å². The number of hydrogen-bond donors (Lipinski definition) is 0. The normalized spacial score (nSPS) is 15.8. The first-order valence-corrected chi connectivity index (χ1v) is 8.89. The molecule has 0 N–H and O–H groups in total. The second kappa shape index (κ2) is 7.18. The second-order valence-electron chi connectivity index (χ2n) is 6.47. The van der Waals surface area contributed by atoms with Gasteiger partial charge in [0.1, 0.15) is 12.1 Å². The van der Waals surface area contributed by atoms with Crippen molar-refractivity contribution < 1.29 is 9.53 Å². The maximum Gasteiger partial charge on any atom is 0.263 e. The number of aryl methyl sites for hydroxylation is 1. The highest BCUT2D eigenvalue weighted by Gasteiger charge is 2.27. The van der Waals surface area contributed by atoms with Crippen molar-refractivity contribution in [3.63, 3.8) is 0 Å². The molecule has 0 unspecified atom stereocenters. The fraction of sp³-hybridized carbons (Fsp3) is 0.389. The number of piperazine rings is 1. The van der Waals surface area contributed by atoms with Crippen LogP contribution in [0.15, 0.2) is 36.7 Å². The molecule has 1 fully saturated rings. The molecule has 0 radical (unpaired) electrons. The zero-order valence-corrected chi connectivity index (χ0v) is 15.3. The Morgan fingerprint density at radius 1 is 1.11 bits per heavy atom. The summed E-state index contributed by atoms with van der Waals surface area (Å²) in [5.41, 5.74) is 1.38. The molecule has 0 spiro atoms. The molecule has 9 nitrogen and oxygen atoms in total. The van der Waals surface area contributed by atoms with Crippen molar-refractivity contribution in [1.29, 1.82) is 0 Å². The summed E-state index contributed by atoms with van der Waals surface area (Å²) in [7, 11) is 1.80. The molecule has 27 heavy (non-hydrogen) atoms. The minimum Gasteiger partial charge on any atom is -0.481 e. The summed E-state index contributed by atoms with van der Waals surface area (Å²) < 4.78 is 7.38. The van der Waals surface area contributed by atoms with E-state index in [-0.39, 0.29) is 5.91 Å². The molecule has 9 heteroatoms. The second-order valence-corrected chi connectivity index (χ2v) is 6.47. The molecule has 0 saturated carbocycles. The monoisotopic (exact) mass is 367 g/mol. The highest BCUT2D eigenvalue weighted by atomic mass is 16.5. The van der Waals surface area contributed by atoms with E-state index >= 15 is 0 Å². The molecule has 2 aromatic heterocycles. The predicted octanol–water partition coefficient (Wildman–Crippen LogP) is 0.874. The first-order chi connectivity index (χ1) is 13.1. The minimum atomic E-state index is -0.523. The van der Waals surface area contributed by atoms with Gasteiger partial charge in [-0.2, -0.15) is 0 Å². The third-order valence-electron chi connectivity index (χ3n) is 4.66. The maximum atomic E-state index is 12.7. The Morgan fingerprint density at radius 3 is 2.59 bits per heavy atom. The molecule has 0 bridgehead atoms. The Bertz CT molecular complexity index is 935. The molecule has 1 amide bonds. The van der Waals surface area contributed by atoms with Crippen LogP contribution in [0, 0.1) is 0 Å². The number of benzene rings is 1. The summed E-state index contributed by atoms with van der Waals surface area (Å²) in [5.74, 6) is 1.45. The zero-order valence-electron chi connectivity index (χ0n) is 15.3. The van der Waals surface area contributed by atoms with Gasteiger partial charge in [-0.05, 0) is 19.1 Å². The number of fused-ring (bicyclic) bond motifs is 1. The van der Waals surface area contributed by atoms with Crippen LogP contribution in [0.5, 0.6) is 5.75 Å². The summed E-state index contributed by atoms with van der Waals surface area (Å²) >= 11 is 0. The third kappa shape index (κ3) is 3.40. The van der Waals surface area contributed by atoms with Crippen LogP contribution in [-0.4, -0.2) is 68.1 Å². The van der Waals surface area contributed by atoms with Crippen LogP contribution in [-0.2, 0) is 11.8 Å². The van der Waals surface area contributed by atoms with Gasteiger partial charge in [0.2, 0.25) is 0 Å². The highest BCUT2D eigenvalue weighted by Crippen LogP contribution is 2.21. The Morgan fingerprint density at radius 2 is 1.85 bits per heavy atom. The topological polar surface area (TPSA) is 89.3 Å². The smallest absolute Gasteiger partial charge is 0.263 e. The van der Waals surface area contributed by atoms with E-state index in [9.17, 15) is 4.79 Å². The standard InChI is InChI=1S/C18H21N7O2/c1-13(27-14-6-4-3-5-7-14)18(26)25-10-8-24(9-11-25)17-15-16(19-12-20-17)23(2)22-21-15/h3-7,12-13H,8-11H2,1-2H3/t13-/m1/s1. The van der Waals surface area contributed by atoms with Crippen molar-refractivity contribution in [2.45, 2.75) is 13.0 Å². The quantitative estimate of drug-likeness (QED) is 0.676. The number of para-hydroxylation sites is 1. The summed E-state index contributed by atoms with van der Waals surface area (Å²) in [6.07, 6.45) is 0.999. The van der Waals surface area contributed by atoms with Crippen LogP contribution in [0.25, 0.3) is 11.2 Å². The van der Waals surface area contributed by atoms with E-state index in [1.54, 1.807) is 18.7 Å². The Kier molecular flexibility index (Phi) is 4.57. The lowest BCUT2D eigenvalue weighted by Crippen LogP contribution is -2.52. The largest absolute Gasteiger partial charge is 0.481 e. The molecule has 3 heterocycles. The lowest BCUT2D eigenvalue weighted by Gasteiger charge is -2.36. The zero-order chi connectivity index (χ0) is 18.8. The van der Waals surface area contributed by atoms with Gasteiger partial charge in [-0.25, -0.2) is 14.6 Å². The molecule has 3 aromatic rings. The lowest BCUT2D eigenvalue weighted by molar-refractivity contribution is -0.138. The van der Waals surface area contributed by atoms with Crippen molar-refractivity contribution in [3.05, 3.63) is 36.7 Å². The number of ether oxygens (including phenoxy) is 1. The summed E-state index contributed by atoms with van der Waals surface area (Å²) in [6, 6.07) is 9.40. The number of aromatic nitrogens is 5. The van der Waals surface area contributed by atoms with Gasteiger partial charge in [0.05, 0.1) is 0 Å². The SMILES string of the molecule is C[C@@H](Oc1ccccc1)C(=O)N1CCN(c2ncnc3c2nnn3C)CC1. The number of hydrogen-bond acceptors (Lipinski definition) is 7. The summed E-state index contributed by atoms with van der Waals surface area (Å²) in [5, 5.41) is 8.18. The van der Waals surface area contributed by atoms with Crippen molar-refractivity contribution in [3.8, 4) is 5.75 Å². The summed E-state index contributed by atoms with van der Waals surface area (Å²) in [4.78, 5) is 25.2. The average molecular weight is 367 g/mol. The van der Waals surface area contributed by atoms with Gasteiger partial charge in [0.25, 0.3) is 5.91 Å². The Balaban J connectivity index is 1.40. The molecular weight excluding hydrogens is 346 g/mol. The van der Waals surface area contributed by atoms with Gasteiger partial charge < -0.3 is 14.5 Å². The lowest BCUT2D eigenvalue weighted by atomic mass is 10.2. The molecule has 1 aliphatic rings. The van der Waals surface area contributed by atoms with Crippen molar-refractivity contribution in [1.82, 2.24) is 29.9 Å². The van der Waals surface area contributed by atoms with E-state index in [2.05, 4.69) is 25.2 Å². The van der Waals surface area contributed by atoms with E-state index in [0.717, 1.165) is 5.82 Å². The first kappa shape index (κ1) is 17.2. The minimum absolute atomic E-state index is 0.00848. The number of amides is 1. The predicted molar refractivity (Wildman–Crippen MR) is 99.4 cm³/mol. The van der Waals surface area contributed by atoms with Gasteiger partial charge >= 0.3 is 0 Å².